The topological polar surface area (TPSA) is 60.4 Å². The van der Waals surface area contributed by atoms with Crippen LogP contribution in [0.4, 0.5) is 13.2 Å². The highest BCUT2D eigenvalue weighted by Crippen LogP contribution is 2.30. The Hall–Kier alpha value is -2.35. The summed E-state index contributed by atoms with van der Waals surface area (Å²) in [5.74, 6) is -0.554. The molecule has 0 N–H and O–H groups in total. The Kier molecular flexibility index (Phi) is 4.46. The third-order valence-electron chi connectivity index (χ3n) is 2.89. The molecule has 0 saturated heterocycles. The van der Waals surface area contributed by atoms with Crippen LogP contribution in [0.25, 0.3) is 11.1 Å². The first kappa shape index (κ1) is 17.0. The van der Waals surface area contributed by atoms with Crippen LogP contribution in [0.15, 0.2) is 47.4 Å². The number of hydrogen-bond donors (Lipinski definition) is 0. The largest absolute Gasteiger partial charge is 0.573 e. The van der Waals surface area contributed by atoms with Gasteiger partial charge in [-0.25, -0.2) is 8.42 Å². The second kappa shape index (κ2) is 6.04. The zero-order valence-electron chi connectivity index (χ0n) is 11.8. The number of aldehydes is 1. The molecule has 0 atom stereocenters. The molecule has 0 amide bonds. The predicted octanol–water partition coefficient (Wildman–Crippen LogP) is 3.47. The van der Waals surface area contributed by atoms with Crippen LogP contribution in [0.1, 0.15) is 10.4 Å². The molecule has 2 aromatic carbocycles. The molecule has 2 aromatic rings. The number of alkyl halides is 3. The van der Waals surface area contributed by atoms with Crippen molar-refractivity contribution in [1.82, 2.24) is 0 Å². The normalized spacial score (nSPS) is 12.0. The lowest BCUT2D eigenvalue weighted by atomic mass is 10.0. The first-order valence-electron chi connectivity index (χ1n) is 6.25. The van der Waals surface area contributed by atoms with Gasteiger partial charge in [-0.15, -0.1) is 13.2 Å². The predicted molar refractivity (Wildman–Crippen MR) is 77.1 cm³/mol. The number of carbonyl (C=O) groups excluding carboxylic acids is 1. The van der Waals surface area contributed by atoms with Gasteiger partial charge < -0.3 is 4.74 Å². The zero-order valence-corrected chi connectivity index (χ0v) is 12.6. The second-order valence-corrected chi connectivity index (χ2v) is 6.77. The lowest BCUT2D eigenvalue weighted by Gasteiger charge is -2.11. The van der Waals surface area contributed by atoms with E-state index in [1.54, 1.807) is 0 Å². The number of rotatable bonds is 4. The fourth-order valence-electron chi connectivity index (χ4n) is 1.96. The summed E-state index contributed by atoms with van der Waals surface area (Å²) < 4.78 is 64.0. The van der Waals surface area contributed by atoms with E-state index in [1.165, 1.54) is 30.3 Å². The van der Waals surface area contributed by atoms with Crippen molar-refractivity contribution in [2.75, 3.05) is 6.26 Å². The zero-order chi connectivity index (χ0) is 17.3. The number of benzene rings is 2. The van der Waals surface area contributed by atoms with Crippen molar-refractivity contribution in [3.63, 3.8) is 0 Å². The van der Waals surface area contributed by atoms with Crippen LogP contribution in [-0.4, -0.2) is 27.3 Å². The summed E-state index contributed by atoms with van der Waals surface area (Å²) in [4.78, 5) is 10.9. The van der Waals surface area contributed by atoms with Crippen LogP contribution in [0.2, 0.25) is 0 Å². The van der Waals surface area contributed by atoms with Crippen LogP contribution in [0.3, 0.4) is 0 Å². The number of sulfone groups is 1. The second-order valence-electron chi connectivity index (χ2n) is 4.76. The minimum atomic E-state index is -4.90. The van der Waals surface area contributed by atoms with E-state index < -0.39 is 21.9 Å². The van der Waals surface area contributed by atoms with Crippen molar-refractivity contribution in [2.45, 2.75) is 11.3 Å². The number of halogens is 3. The van der Waals surface area contributed by atoms with E-state index in [2.05, 4.69) is 4.74 Å². The molecule has 0 fully saturated rings. The van der Waals surface area contributed by atoms with Crippen molar-refractivity contribution in [2.24, 2.45) is 0 Å². The van der Waals surface area contributed by atoms with E-state index in [0.29, 0.717) is 11.8 Å². The third-order valence-corrected chi connectivity index (χ3v) is 4.00. The van der Waals surface area contributed by atoms with Gasteiger partial charge in [-0.2, -0.15) is 0 Å². The summed E-state index contributed by atoms with van der Waals surface area (Å²) in [6.07, 6.45) is -3.49. The Morgan fingerprint density at radius 1 is 1.04 bits per heavy atom. The van der Waals surface area contributed by atoms with Crippen LogP contribution in [0.5, 0.6) is 5.75 Å². The molecule has 0 bridgehead atoms. The van der Waals surface area contributed by atoms with E-state index >= 15 is 0 Å². The minimum Gasteiger partial charge on any atom is -0.406 e. The summed E-state index contributed by atoms with van der Waals surface area (Å²) in [5, 5.41) is 0. The van der Waals surface area contributed by atoms with Crippen LogP contribution < -0.4 is 4.74 Å². The molecule has 0 aliphatic carbocycles. The smallest absolute Gasteiger partial charge is 0.406 e. The monoisotopic (exact) mass is 344 g/mol. The maximum Gasteiger partial charge on any atom is 0.573 e. The van der Waals surface area contributed by atoms with Crippen molar-refractivity contribution >= 4 is 16.1 Å². The summed E-state index contributed by atoms with van der Waals surface area (Å²) in [7, 11) is -3.47. The Labute approximate surface area is 130 Å². The fourth-order valence-corrected chi connectivity index (χ4v) is 2.62. The standard InChI is InChI=1S/C15H11F3O4S/c1-23(20,21)14-4-2-3-11(8-14)12-5-10(9-19)6-13(7-12)22-15(16,17)18/h2-9H,1H3. The number of carbonyl (C=O) groups is 1. The highest BCUT2D eigenvalue weighted by molar-refractivity contribution is 7.90. The van der Waals surface area contributed by atoms with Gasteiger partial charge in [0.25, 0.3) is 0 Å². The number of ether oxygens (including phenoxy) is 1. The van der Waals surface area contributed by atoms with Gasteiger partial charge in [0.05, 0.1) is 4.90 Å². The van der Waals surface area contributed by atoms with E-state index in [9.17, 15) is 26.4 Å². The molecule has 0 spiro atoms. The summed E-state index contributed by atoms with van der Waals surface area (Å²) in [5.41, 5.74) is 0.564. The first-order valence-corrected chi connectivity index (χ1v) is 8.14. The molecule has 0 aliphatic rings. The average molecular weight is 344 g/mol. The van der Waals surface area contributed by atoms with Gasteiger partial charge >= 0.3 is 6.36 Å². The van der Waals surface area contributed by atoms with Crippen LogP contribution in [0, 0.1) is 0 Å². The lowest BCUT2D eigenvalue weighted by Crippen LogP contribution is -2.17. The Morgan fingerprint density at radius 3 is 2.30 bits per heavy atom. The number of hydrogen-bond acceptors (Lipinski definition) is 4. The summed E-state index contributed by atoms with van der Waals surface area (Å²) in [6.45, 7) is 0. The minimum absolute atomic E-state index is 0.0183. The van der Waals surface area contributed by atoms with Gasteiger partial charge in [-0.3, -0.25) is 4.79 Å². The molecule has 0 aliphatic heterocycles. The summed E-state index contributed by atoms with van der Waals surface area (Å²) in [6, 6.07) is 9.05. The molecule has 122 valence electrons. The van der Waals surface area contributed by atoms with Crippen molar-refractivity contribution in [3.8, 4) is 16.9 Å². The van der Waals surface area contributed by atoms with Crippen molar-refractivity contribution in [1.29, 1.82) is 0 Å². The molecule has 8 heteroatoms. The third kappa shape index (κ3) is 4.56. The summed E-state index contributed by atoms with van der Waals surface area (Å²) >= 11 is 0. The van der Waals surface area contributed by atoms with Gasteiger partial charge in [0, 0.05) is 11.8 Å². The first-order chi connectivity index (χ1) is 10.6. The van der Waals surface area contributed by atoms with Gasteiger partial charge in [0.1, 0.15) is 12.0 Å². The molecule has 2 rings (SSSR count). The molecular formula is C15H11F3O4S. The maximum atomic E-state index is 12.3. The van der Waals surface area contributed by atoms with Gasteiger partial charge in [0.2, 0.25) is 0 Å². The molecule has 4 nitrogen and oxygen atoms in total. The van der Waals surface area contributed by atoms with Crippen LogP contribution >= 0.6 is 0 Å². The Balaban J connectivity index is 2.55. The quantitative estimate of drug-likeness (QED) is 0.797. The van der Waals surface area contributed by atoms with E-state index in [1.807, 2.05) is 0 Å². The van der Waals surface area contributed by atoms with Crippen molar-refractivity contribution in [3.05, 3.63) is 48.0 Å². The molecule has 0 heterocycles. The molecule has 0 aromatic heterocycles. The highest BCUT2D eigenvalue weighted by atomic mass is 32.2. The van der Waals surface area contributed by atoms with E-state index in [0.717, 1.165) is 18.4 Å². The van der Waals surface area contributed by atoms with Crippen LogP contribution in [-0.2, 0) is 9.84 Å². The van der Waals surface area contributed by atoms with Gasteiger partial charge in [0.15, 0.2) is 9.84 Å². The van der Waals surface area contributed by atoms with Gasteiger partial charge in [-0.05, 0) is 41.5 Å². The molecule has 23 heavy (non-hydrogen) atoms. The molecule has 0 unspecified atom stereocenters. The lowest BCUT2D eigenvalue weighted by molar-refractivity contribution is -0.274. The SMILES string of the molecule is CS(=O)(=O)c1cccc(-c2cc(C=O)cc(OC(F)(F)F)c2)c1. The molecular weight excluding hydrogens is 333 g/mol. The Morgan fingerprint density at radius 2 is 1.74 bits per heavy atom. The molecule has 0 radical (unpaired) electrons. The van der Waals surface area contributed by atoms with E-state index in [4.69, 9.17) is 0 Å². The Bertz CT molecular complexity index is 842. The van der Waals surface area contributed by atoms with Gasteiger partial charge in [-0.1, -0.05) is 12.1 Å². The average Bonchev–Trinajstić information content (AvgIpc) is 2.44. The van der Waals surface area contributed by atoms with E-state index in [-0.39, 0.29) is 16.0 Å². The fraction of sp³-hybridized carbons (Fsp3) is 0.133. The molecule has 0 saturated carbocycles. The van der Waals surface area contributed by atoms with Crippen molar-refractivity contribution < 1.29 is 31.1 Å². The maximum absolute atomic E-state index is 12.3. The highest BCUT2D eigenvalue weighted by Gasteiger charge is 2.31.